The van der Waals surface area contributed by atoms with E-state index >= 15 is 0 Å². The van der Waals surface area contributed by atoms with Gasteiger partial charge in [0.25, 0.3) is 5.91 Å². The third-order valence-corrected chi connectivity index (χ3v) is 4.08. The second kappa shape index (κ2) is 9.62. The second-order valence-corrected chi connectivity index (χ2v) is 6.55. The topological polar surface area (TPSA) is 76.7 Å². The van der Waals surface area contributed by atoms with Gasteiger partial charge in [-0.15, -0.1) is 0 Å². The van der Waals surface area contributed by atoms with Crippen molar-refractivity contribution in [2.24, 2.45) is 0 Å². The molecule has 1 atom stereocenters. The first-order valence-electron chi connectivity index (χ1n) is 8.87. The number of carbonyl (C=O) groups is 2. The van der Waals surface area contributed by atoms with Crippen molar-refractivity contribution in [2.75, 3.05) is 7.11 Å². The normalized spacial score (nSPS) is 11.6. The molecule has 0 spiro atoms. The smallest absolute Gasteiger partial charge is 0.279 e. The molecule has 0 aromatic heterocycles. The molecular weight excluding hydrogens is 344 g/mol. The Morgan fingerprint density at radius 1 is 0.889 bits per heavy atom. The molecule has 0 aliphatic carbocycles. The maximum Gasteiger partial charge on any atom is 0.279 e. The van der Waals surface area contributed by atoms with Crippen LogP contribution >= 0.6 is 0 Å². The zero-order valence-corrected chi connectivity index (χ0v) is 16.1. The minimum atomic E-state index is -0.740. The zero-order chi connectivity index (χ0) is 19.8. The lowest BCUT2D eigenvalue weighted by molar-refractivity contribution is -0.132. The Balaban J connectivity index is 1.78. The summed E-state index contributed by atoms with van der Waals surface area (Å²) >= 11 is 0. The Kier molecular flexibility index (Phi) is 7.23. The van der Waals surface area contributed by atoms with E-state index in [2.05, 4.69) is 24.7 Å². The molecule has 0 saturated carbocycles. The van der Waals surface area contributed by atoms with E-state index in [1.807, 2.05) is 24.3 Å². The number of benzene rings is 2. The van der Waals surface area contributed by atoms with E-state index < -0.39 is 12.0 Å². The third-order valence-electron chi connectivity index (χ3n) is 4.08. The number of hydrogen-bond donors (Lipinski definition) is 2. The zero-order valence-electron chi connectivity index (χ0n) is 16.1. The summed E-state index contributed by atoms with van der Waals surface area (Å²) in [5.41, 5.74) is 6.80. The molecule has 0 saturated heterocycles. The highest BCUT2D eigenvalue weighted by Crippen LogP contribution is 2.19. The lowest BCUT2D eigenvalue weighted by Gasteiger charge is -2.16. The first-order chi connectivity index (χ1) is 12.9. The fourth-order valence-corrected chi connectivity index (χ4v) is 2.39. The monoisotopic (exact) mass is 370 g/mol. The number of ether oxygens (including phenoxy) is 2. The summed E-state index contributed by atoms with van der Waals surface area (Å²) in [6.45, 7) is 5.85. The number of methoxy groups -OCH3 is 1. The van der Waals surface area contributed by atoms with Gasteiger partial charge in [-0.3, -0.25) is 20.4 Å². The lowest BCUT2D eigenvalue weighted by Crippen LogP contribution is -2.47. The van der Waals surface area contributed by atoms with E-state index in [9.17, 15) is 9.59 Å². The molecule has 0 fully saturated rings. The van der Waals surface area contributed by atoms with Crippen molar-refractivity contribution >= 4 is 11.8 Å². The summed E-state index contributed by atoms with van der Waals surface area (Å²) < 4.78 is 10.7. The molecule has 6 heteroatoms. The maximum absolute atomic E-state index is 12.1. The van der Waals surface area contributed by atoms with Crippen molar-refractivity contribution in [3.8, 4) is 11.5 Å². The summed E-state index contributed by atoms with van der Waals surface area (Å²) in [6.07, 6.45) is -0.591. The summed E-state index contributed by atoms with van der Waals surface area (Å²) in [5.74, 6) is 1.01. The van der Waals surface area contributed by atoms with Gasteiger partial charge in [0.2, 0.25) is 5.91 Å². The first-order valence-corrected chi connectivity index (χ1v) is 8.87. The average Bonchev–Trinajstić information content (AvgIpc) is 2.67. The number of hydrogen-bond acceptors (Lipinski definition) is 4. The lowest BCUT2D eigenvalue weighted by atomic mass is 10.0. The highest BCUT2D eigenvalue weighted by atomic mass is 16.5. The molecule has 0 unspecified atom stereocenters. The molecule has 0 aliphatic rings. The number of hydrazine groups is 1. The van der Waals surface area contributed by atoms with Crippen molar-refractivity contribution < 1.29 is 19.1 Å². The molecule has 0 bridgehead atoms. The molecule has 2 aromatic rings. The Bertz CT molecular complexity index is 755. The van der Waals surface area contributed by atoms with Crippen LogP contribution in [0.25, 0.3) is 0 Å². The number of nitrogens with one attached hydrogen (secondary N) is 2. The molecule has 2 aromatic carbocycles. The van der Waals surface area contributed by atoms with Crippen molar-refractivity contribution in [1.29, 1.82) is 0 Å². The van der Waals surface area contributed by atoms with Crippen LogP contribution in [0.15, 0.2) is 48.5 Å². The van der Waals surface area contributed by atoms with Crippen molar-refractivity contribution in [3.05, 3.63) is 59.7 Å². The van der Waals surface area contributed by atoms with E-state index in [4.69, 9.17) is 9.47 Å². The Labute approximate surface area is 159 Å². The van der Waals surface area contributed by atoms with E-state index in [0.29, 0.717) is 11.7 Å². The molecule has 0 aliphatic heterocycles. The molecule has 2 amide bonds. The number of rotatable bonds is 7. The minimum absolute atomic E-state index is 0.149. The van der Waals surface area contributed by atoms with Gasteiger partial charge in [-0.25, -0.2) is 0 Å². The van der Waals surface area contributed by atoms with Crippen molar-refractivity contribution in [2.45, 2.75) is 39.2 Å². The molecule has 144 valence electrons. The summed E-state index contributed by atoms with van der Waals surface area (Å²) in [7, 11) is 1.58. The van der Waals surface area contributed by atoms with Gasteiger partial charge in [0.1, 0.15) is 11.5 Å². The Morgan fingerprint density at radius 3 is 2.04 bits per heavy atom. The van der Waals surface area contributed by atoms with Crippen LogP contribution in [0.4, 0.5) is 0 Å². The van der Waals surface area contributed by atoms with E-state index in [0.717, 1.165) is 11.3 Å². The van der Waals surface area contributed by atoms with E-state index in [-0.39, 0.29) is 12.3 Å². The minimum Gasteiger partial charge on any atom is -0.497 e. The van der Waals surface area contributed by atoms with Crippen LogP contribution in [-0.4, -0.2) is 25.0 Å². The van der Waals surface area contributed by atoms with Crippen LogP contribution in [0.2, 0.25) is 0 Å². The summed E-state index contributed by atoms with van der Waals surface area (Å²) in [5, 5.41) is 0. The third kappa shape index (κ3) is 6.33. The first kappa shape index (κ1) is 20.3. The van der Waals surface area contributed by atoms with Crippen molar-refractivity contribution in [3.63, 3.8) is 0 Å². The van der Waals surface area contributed by atoms with Crippen LogP contribution in [0.5, 0.6) is 11.5 Å². The largest absolute Gasteiger partial charge is 0.497 e. The van der Waals surface area contributed by atoms with Gasteiger partial charge in [0.15, 0.2) is 6.10 Å². The fourth-order valence-electron chi connectivity index (χ4n) is 2.39. The second-order valence-electron chi connectivity index (χ2n) is 6.55. The van der Waals surface area contributed by atoms with Gasteiger partial charge in [0.05, 0.1) is 13.5 Å². The van der Waals surface area contributed by atoms with Crippen LogP contribution in [0, 0.1) is 0 Å². The van der Waals surface area contributed by atoms with Gasteiger partial charge in [-0.2, -0.15) is 0 Å². The molecule has 0 radical (unpaired) electrons. The summed E-state index contributed by atoms with van der Waals surface area (Å²) in [4.78, 5) is 24.1. The van der Waals surface area contributed by atoms with E-state index in [1.54, 1.807) is 38.3 Å². The van der Waals surface area contributed by atoms with Gasteiger partial charge >= 0.3 is 0 Å². The summed E-state index contributed by atoms with van der Waals surface area (Å²) in [6, 6.07) is 14.8. The predicted octanol–water partition coefficient (Wildman–Crippen LogP) is 2.98. The highest BCUT2D eigenvalue weighted by Gasteiger charge is 2.15. The maximum atomic E-state index is 12.1. The Morgan fingerprint density at radius 2 is 1.48 bits per heavy atom. The van der Waals surface area contributed by atoms with Gasteiger partial charge < -0.3 is 9.47 Å². The van der Waals surface area contributed by atoms with Crippen LogP contribution in [0.1, 0.15) is 37.8 Å². The standard InChI is InChI=1S/C21H26N2O4/c1-14(2)17-7-11-19(12-8-17)27-15(3)21(25)23-22-20(24)13-16-5-9-18(26-4)10-6-16/h5-12,14-15H,13H2,1-4H3,(H,22,24)(H,23,25)/t15-/m0/s1. The SMILES string of the molecule is COc1ccc(CC(=O)NNC(=O)[C@H](C)Oc2ccc(C(C)C)cc2)cc1. The fraction of sp³-hybridized carbons (Fsp3) is 0.333. The van der Waals surface area contributed by atoms with Crippen LogP contribution < -0.4 is 20.3 Å². The molecular formula is C21H26N2O4. The van der Waals surface area contributed by atoms with Crippen LogP contribution in [0.3, 0.4) is 0 Å². The molecule has 2 rings (SSSR count). The van der Waals surface area contributed by atoms with Crippen molar-refractivity contribution in [1.82, 2.24) is 10.9 Å². The van der Waals surface area contributed by atoms with E-state index in [1.165, 1.54) is 5.56 Å². The van der Waals surface area contributed by atoms with Gasteiger partial charge in [-0.1, -0.05) is 38.1 Å². The quantitative estimate of drug-likeness (QED) is 0.735. The van der Waals surface area contributed by atoms with Gasteiger partial charge in [-0.05, 0) is 48.2 Å². The molecule has 0 heterocycles. The molecule has 2 N–H and O–H groups in total. The molecule has 6 nitrogen and oxygen atoms in total. The Hall–Kier alpha value is -3.02. The highest BCUT2D eigenvalue weighted by molar-refractivity contribution is 5.85. The van der Waals surface area contributed by atoms with Gasteiger partial charge in [0, 0.05) is 0 Å². The number of carbonyl (C=O) groups excluding carboxylic acids is 2. The molecule has 27 heavy (non-hydrogen) atoms. The van der Waals surface area contributed by atoms with Crippen LogP contribution in [-0.2, 0) is 16.0 Å². The predicted molar refractivity (Wildman–Crippen MR) is 104 cm³/mol. The number of amides is 2. The average molecular weight is 370 g/mol.